The summed E-state index contributed by atoms with van der Waals surface area (Å²) in [7, 11) is 0. The third-order valence-electron chi connectivity index (χ3n) is 5.32. The molecular weight excluding hydrogens is 418 g/mol. The molecule has 0 atom stereocenters. The number of rotatable bonds is 9. The fourth-order valence-electron chi connectivity index (χ4n) is 3.82. The molecule has 0 saturated carbocycles. The van der Waals surface area contributed by atoms with E-state index in [1.54, 1.807) is 0 Å². The van der Waals surface area contributed by atoms with Gasteiger partial charge in [0.05, 0.1) is 0 Å². The summed E-state index contributed by atoms with van der Waals surface area (Å²) in [6, 6.07) is 13.9. The number of aromatic nitrogens is 3. The highest BCUT2D eigenvalue weighted by molar-refractivity contribution is 5.95. The first-order valence-corrected chi connectivity index (χ1v) is 11.3. The second kappa shape index (κ2) is 10.4. The van der Waals surface area contributed by atoms with E-state index in [1.165, 1.54) is 9.47 Å². The molecule has 0 unspecified atom stereocenters. The Bertz CT molecular complexity index is 1200. The van der Waals surface area contributed by atoms with Crippen LogP contribution in [0.25, 0.3) is 11.3 Å². The lowest BCUT2D eigenvalue weighted by molar-refractivity contribution is -0.118. The van der Waals surface area contributed by atoms with Crippen LogP contribution in [0.2, 0.25) is 0 Å². The van der Waals surface area contributed by atoms with Gasteiger partial charge in [0.25, 0.3) is 5.56 Å². The van der Waals surface area contributed by atoms with E-state index < -0.39 is 11.2 Å². The number of hydrogen-bond donors (Lipinski definition) is 3. The zero-order chi connectivity index (χ0) is 24.1. The van der Waals surface area contributed by atoms with E-state index in [9.17, 15) is 14.4 Å². The van der Waals surface area contributed by atoms with E-state index in [2.05, 4.69) is 9.97 Å². The molecule has 33 heavy (non-hydrogen) atoms. The minimum absolute atomic E-state index is 0.0256. The molecule has 0 aliphatic carbocycles. The number of carbonyl (C=O) groups excluding carboxylic acids is 1. The highest BCUT2D eigenvalue weighted by atomic mass is 16.2. The lowest BCUT2D eigenvalue weighted by Crippen LogP contribution is -2.43. The quantitative estimate of drug-likeness (QED) is 0.462. The van der Waals surface area contributed by atoms with Gasteiger partial charge in [0, 0.05) is 30.9 Å². The second-order valence-corrected chi connectivity index (χ2v) is 9.16. The van der Waals surface area contributed by atoms with Crippen molar-refractivity contribution in [1.29, 1.82) is 0 Å². The van der Waals surface area contributed by atoms with Crippen LogP contribution in [0.1, 0.15) is 39.8 Å². The van der Waals surface area contributed by atoms with Gasteiger partial charge in [-0.25, -0.2) is 4.79 Å². The van der Waals surface area contributed by atoms with Gasteiger partial charge in [0.15, 0.2) is 5.69 Å². The first kappa shape index (κ1) is 24.1. The van der Waals surface area contributed by atoms with Crippen molar-refractivity contribution < 1.29 is 4.79 Å². The maximum absolute atomic E-state index is 13.3. The average molecular weight is 452 g/mol. The monoisotopic (exact) mass is 451 g/mol. The van der Waals surface area contributed by atoms with Gasteiger partial charge in [-0.3, -0.25) is 19.1 Å². The zero-order valence-electron chi connectivity index (χ0n) is 19.7. The first-order valence-electron chi connectivity index (χ1n) is 11.3. The van der Waals surface area contributed by atoms with E-state index in [0.717, 1.165) is 17.0 Å². The van der Waals surface area contributed by atoms with Crippen molar-refractivity contribution in [2.75, 3.05) is 17.2 Å². The largest absolute Gasteiger partial charge is 0.383 e. The molecule has 8 nitrogen and oxygen atoms in total. The van der Waals surface area contributed by atoms with Crippen LogP contribution < -0.4 is 21.9 Å². The number of nitrogens with one attached hydrogen (secondary N) is 2. The van der Waals surface area contributed by atoms with Crippen LogP contribution in [-0.4, -0.2) is 27.0 Å². The summed E-state index contributed by atoms with van der Waals surface area (Å²) in [6.07, 6.45) is 0.688. The van der Waals surface area contributed by atoms with Gasteiger partial charge in [-0.05, 0) is 36.0 Å². The molecule has 0 saturated heterocycles. The topological polar surface area (TPSA) is 117 Å². The Hall–Kier alpha value is -3.55. The number of amides is 1. The van der Waals surface area contributed by atoms with Crippen molar-refractivity contribution in [3.8, 4) is 11.3 Å². The molecule has 0 aliphatic heterocycles. The number of anilines is 2. The predicted octanol–water partition coefficient (Wildman–Crippen LogP) is 3.39. The van der Waals surface area contributed by atoms with Gasteiger partial charge in [-0.1, -0.05) is 58.0 Å². The Morgan fingerprint density at radius 2 is 1.70 bits per heavy atom. The highest BCUT2D eigenvalue weighted by Crippen LogP contribution is 2.22. The third kappa shape index (κ3) is 5.83. The molecule has 2 heterocycles. The number of aryl methyl sites for hydroxylation is 1. The molecule has 1 aromatic carbocycles. The minimum atomic E-state index is -0.641. The van der Waals surface area contributed by atoms with E-state index in [4.69, 9.17) is 5.73 Å². The molecule has 0 aliphatic rings. The number of carbonyl (C=O) groups is 1. The summed E-state index contributed by atoms with van der Waals surface area (Å²) in [6.45, 7) is 8.51. The Morgan fingerprint density at radius 3 is 2.33 bits per heavy atom. The van der Waals surface area contributed by atoms with Crippen LogP contribution in [0.5, 0.6) is 0 Å². The van der Waals surface area contributed by atoms with Crippen LogP contribution in [0.15, 0.2) is 52.1 Å². The molecule has 0 spiro atoms. The maximum Gasteiger partial charge on any atom is 0.330 e. The molecular formula is C25H33N5O3. The van der Waals surface area contributed by atoms with Crippen molar-refractivity contribution in [2.45, 2.75) is 47.1 Å². The Balaban J connectivity index is 1.85. The molecule has 176 valence electrons. The Morgan fingerprint density at radius 1 is 1.00 bits per heavy atom. The van der Waals surface area contributed by atoms with Crippen molar-refractivity contribution in [3.63, 3.8) is 0 Å². The van der Waals surface area contributed by atoms with Crippen LogP contribution in [0.4, 0.5) is 11.5 Å². The summed E-state index contributed by atoms with van der Waals surface area (Å²) in [5.41, 5.74) is 8.09. The number of nitrogens with two attached hydrogens (primary N) is 1. The normalized spacial score (nSPS) is 11.3. The highest BCUT2D eigenvalue weighted by Gasteiger charge is 2.25. The molecule has 4 N–H and O–H groups in total. The van der Waals surface area contributed by atoms with Gasteiger partial charge < -0.3 is 15.6 Å². The second-order valence-electron chi connectivity index (χ2n) is 9.16. The first-order chi connectivity index (χ1) is 15.7. The molecule has 2 aromatic heterocycles. The molecule has 3 rings (SSSR count). The van der Waals surface area contributed by atoms with E-state index >= 15 is 0 Å². The Kier molecular flexibility index (Phi) is 7.58. The number of aromatic amines is 2. The number of nitrogen functional groups attached to an aromatic ring is 1. The van der Waals surface area contributed by atoms with E-state index in [1.807, 2.05) is 70.2 Å². The van der Waals surface area contributed by atoms with Gasteiger partial charge in [-0.2, -0.15) is 0 Å². The van der Waals surface area contributed by atoms with Gasteiger partial charge in [-0.15, -0.1) is 0 Å². The summed E-state index contributed by atoms with van der Waals surface area (Å²) in [5.74, 6) is 0.0577. The van der Waals surface area contributed by atoms with Crippen LogP contribution >= 0.6 is 0 Å². The number of nitrogens with zero attached hydrogens (tertiary/aromatic N) is 2. The summed E-state index contributed by atoms with van der Waals surface area (Å²) < 4.78 is 1.33. The van der Waals surface area contributed by atoms with Crippen LogP contribution in [0.3, 0.4) is 0 Å². The number of H-pyrrole nitrogens is 2. The molecule has 0 fully saturated rings. The van der Waals surface area contributed by atoms with Crippen molar-refractivity contribution >= 4 is 17.4 Å². The van der Waals surface area contributed by atoms with Gasteiger partial charge in [0.2, 0.25) is 5.91 Å². The third-order valence-corrected chi connectivity index (χ3v) is 5.32. The predicted molar refractivity (Wildman–Crippen MR) is 132 cm³/mol. The molecule has 3 aromatic rings. The van der Waals surface area contributed by atoms with Crippen molar-refractivity contribution in [1.82, 2.24) is 14.5 Å². The van der Waals surface area contributed by atoms with Gasteiger partial charge in [0.1, 0.15) is 5.82 Å². The van der Waals surface area contributed by atoms with Crippen molar-refractivity contribution in [2.24, 2.45) is 11.8 Å². The molecule has 0 radical (unpaired) electrons. The average Bonchev–Trinajstić information content (AvgIpc) is 3.23. The van der Waals surface area contributed by atoms with Crippen LogP contribution in [-0.2, 0) is 17.8 Å². The van der Waals surface area contributed by atoms with Crippen molar-refractivity contribution in [3.05, 3.63) is 69.0 Å². The lowest BCUT2D eigenvalue weighted by atomic mass is 10.1. The van der Waals surface area contributed by atoms with E-state index in [0.29, 0.717) is 19.5 Å². The zero-order valence-corrected chi connectivity index (χ0v) is 19.7. The van der Waals surface area contributed by atoms with E-state index in [-0.39, 0.29) is 35.7 Å². The maximum atomic E-state index is 13.3. The minimum Gasteiger partial charge on any atom is -0.383 e. The summed E-state index contributed by atoms with van der Waals surface area (Å²) >= 11 is 0. The fraction of sp³-hybridized carbons (Fsp3) is 0.400. The van der Waals surface area contributed by atoms with Gasteiger partial charge >= 0.3 is 5.69 Å². The number of benzene rings is 1. The smallest absolute Gasteiger partial charge is 0.330 e. The van der Waals surface area contributed by atoms with Crippen LogP contribution in [0, 0.1) is 11.8 Å². The summed E-state index contributed by atoms with van der Waals surface area (Å²) in [4.78, 5) is 45.4. The molecule has 0 bridgehead atoms. The Labute approximate surface area is 193 Å². The lowest BCUT2D eigenvalue weighted by Gasteiger charge is -2.26. The SMILES string of the molecule is CC(C)CN(C(=O)CCc1ccc(-c2ccccc2)[nH]1)c1c(N)n(CC(C)C)c(=O)[nH]c1=O. The number of hydrogen-bond acceptors (Lipinski definition) is 4. The summed E-state index contributed by atoms with van der Waals surface area (Å²) in [5, 5.41) is 0. The molecule has 1 amide bonds. The fourth-order valence-corrected chi connectivity index (χ4v) is 3.82. The molecule has 8 heteroatoms. The standard InChI is InChI=1S/C25H33N5O3/c1-16(2)14-29(22-23(26)30(15-17(3)4)25(33)28-24(22)32)21(31)13-11-19-10-12-20(27-19)18-8-6-5-7-9-18/h5-10,12,16-17,27H,11,13-15,26H2,1-4H3,(H,28,32,33).